The summed E-state index contributed by atoms with van der Waals surface area (Å²) in [5.41, 5.74) is 0.698. The molecule has 7 nitrogen and oxygen atoms in total. The molecule has 2 aromatic rings. The Kier molecular flexibility index (Phi) is 4.66. The van der Waals surface area contributed by atoms with Gasteiger partial charge in [-0.2, -0.15) is 5.10 Å². The Morgan fingerprint density at radius 1 is 1.21 bits per heavy atom. The van der Waals surface area contributed by atoms with Gasteiger partial charge in [-0.05, 0) is 6.42 Å². The van der Waals surface area contributed by atoms with Gasteiger partial charge in [0.15, 0.2) is 11.6 Å². The molecule has 0 unspecified atom stereocenters. The fourth-order valence-corrected chi connectivity index (χ4v) is 3.03. The SMILES string of the molecule is CCc1ncnc(N2CCN(c3cnn(C)c(=O)c3Cl)CC2)c1F. The summed E-state index contributed by atoms with van der Waals surface area (Å²) in [4.78, 5) is 23.8. The standard InChI is InChI=1S/C15H18ClFN6O/c1-3-10-13(17)14(19-9-18-10)23-6-4-22(5-7-23)11-8-20-21(2)15(24)12(11)16/h8-9H,3-7H2,1-2H3. The number of hydrogen-bond donors (Lipinski definition) is 0. The molecule has 1 aliphatic heterocycles. The van der Waals surface area contributed by atoms with E-state index in [2.05, 4.69) is 15.1 Å². The molecule has 1 aliphatic rings. The molecule has 0 spiro atoms. The highest BCUT2D eigenvalue weighted by Crippen LogP contribution is 2.25. The second kappa shape index (κ2) is 6.72. The van der Waals surface area contributed by atoms with Crippen molar-refractivity contribution in [3.63, 3.8) is 0 Å². The summed E-state index contributed by atoms with van der Waals surface area (Å²) < 4.78 is 15.6. The van der Waals surface area contributed by atoms with E-state index in [1.807, 2.05) is 16.7 Å². The predicted octanol–water partition coefficient (Wildman–Crippen LogP) is 1.25. The Balaban J connectivity index is 1.77. The molecule has 1 fully saturated rings. The summed E-state index contributed by atoms with van der Waals surface area (Å²) in [5, 5.41) is 4.17. The lowest BCUT2D eigenvalue weighted by molar-refractivity contribution is 0.568. The van der Waals surface area contributed by atoms with Crippen LogP contribution in [-0.2, 0) is 13.5 Å². The van der Waals surface area contributed by atoms with Crippen LogP contribution < -0.4 is 15.4 Å². The first kappa shape index (κ1) is 16.6. The zero-order valence-electron chi connectivity index (χ0n) is 13.5. The van der Waals surface area contributed by atoms with E-state index in [0.29, 0.717) is 49.8 Å². The van der Waals surface area contributed by atoms with Crippen molar-refractivity contribution in [3.8, 4) is 0 Å². The van der Waals surface area contributed by atoms with Crippen LogP contribution in [0.3, 0.4) is 0 Å². The van der Waals surface area contributed by atoms with Gasteiger partial charge in [0.2, 0.25) is 0 Å². The first-order chi connectivity index (χ1) is 11.5. The number of piperazine rings is 1. The average Bonchev–Trinajstić information content (AvgIpc) is 2.60. The molecule has 0 bridgehead atoms. The maximum Gasteiger partial charge on any atom is 0.287 e. The number of rotatable bonds is 3. The average molecular weight is 353 g/mol. The van der Waals surface area contributed by atoms with Gasteiger partial charge < -0.3 is 9.80 Å². The highest BCUT2D eigenvalue weighted by Gasteiger charge is 2.24. The summed E-state index contributed by atoms with van der Waals surface area (Å²) in [7, 11) is 1.55. The van der Waals surface area contributed by atoms with Crippen LogP contribution >= 0.6 is 11.6 Å². The Bertz CT molecular complexity index is 803. The third-order valence-electron chi connectivity index (χ3n) is 4.16. The molecule has 24 heavy (non-hydrogen) atoms. The van der Waals surface area contributed by atoms with Gasteiger partial charge >= 0.3 is 0 Å². The zero-order valence-corrected chi connectivity index (χ0v) is 14.3. The van der Waals surface area contributed by atoms with E-state index in [1.165, 1.54) is 11.0 Å². The molecule has 0 aliphatic carbocycles. The van der Waals surface area contributed by atoms with Gasteiger partial charge in [-0.1, -0.05) is 18.5 Å². The van der Waals surface area contributed by atoms with Crippen molar-refractivity contribution < 1.29 is 4.39 Å². The lowest BCUT2D eigenvalue weighted by atomic mass is 10.2. The molecule has 3 heterocycles. The molecule has 0 atom stereocenters. The number of hydrogen-bond acceptors (Lipinski definition) is 6. The van der Waals surface area contributed by atoms with E-state index in [0.717, 1.165) is 0 Å². The molecule has 0 N–H and O–H groups in total. The van der Waals surface area contributed by atoms with Crippen molar-refractivity contribution in [2.24, 2.45) is 7.05 Å². The van der Waals surface area contributed by atoms with Crippen LogP contribution in [0.1, 0.15) is 12.6 Å². The minimum atomic E-state index is -0.360. The van der Waals surface area contributed by atoms with Gasteiger partial charge in [0.25, 0.3) is 5.56 Å². The molecule has 128 valence electrons. The number of aryl methyl sites for hydroxylation is 2. The van der Waals surface area contributed by atoms with Gasteiger partial charge in [-0.15, -0.1) is 0 Å². The number of aromatic nitrogens is 4. The number of nitrogens with zero attached hydrogens (tertiary/aromatic N) is 6. The van der Waals surface area contributed by atoms with Crippen LogP contribution in [0.25, 0.3) is 0 Å². The van der Waals surface area contributed by atoms with Crippen LogP contribution in [0.15, 0.2) is 17.3 Å². The third-order valence-corrected chi connectivity index (χ3v) is 4.51. The lowest BCUT2D eigenvalue weighted by Crippen LogP contribution is -2.47. The molecule has 0 amide bonds. The molecular weight excluding hydrogens is 335 g/mol. The van der Waals surface area contributed by atoms with Gasteiger partial charge in [-0.25, -0.2) is 19.0 Å². The third kappa shape index (κ3) is 2.93. The van der Waals surface area contributed by atoms with Crippen LogP contribution in [0.2, 0.25) is 5.02 Å². The minimum Gasteiger partial charge on any atom is -0.365 e. The summed E-state index contributed by atoms with van der Waals surface area (Å²) in [6.45, 7) is 4.20. The van der Waals surface area contributed by atoms with Gasteiger partial charge in [0.1, 0.15) is 11.3 Å². The summed E-state index contributed by atoms with van der Waals surface area (Å²) in [6.07, 6.45) is 3.50. The molecule has 0 aromatic carbocycles. The summed E-state index contributed by atoms with van der Waals surface area (Å²) >= 11 is 6.14. The van der Waals surface area contributed by atoms with Crippen molar-refractivity contribution in [2.75, 3.05) is 36.0 Å². The van der Waals surface area contributed by atoms with Crippen molar-refractivity contribution in [1.29, 1.82) is 0 Å². The van der Waals surface area contributed by atoms with Crippen molar-refractivity contribution >= 4 is 23.1 Å². The first-order valence-corrected chi connectivity index (χ1v) is 8.11. The van der Waals surface area contributed by atoms with Crippen molar-refractivity contribution in [3.05, 3.63) is 39.4 Å². The predicted molar refractivity (Wildman–Crippen MR) is 90.3 cm³/mol. The van der Waals surface area contributed by atoms with E-state index >= 15 is 0 Å². The van der Waals surface area contributed by atoms with E-state index in [4.69, 9.17) is 11.6 Å². The van der Waals surface area contributed by atoms with Crippen LogP contribution in [0.4, 0.5) is 15.9 Å². The highest BCUT2D eigenvalue weighted by molar-refractivity contribution is 6.33. The molecule has 0 radical (unpaired) electrons. The molecule has 3 rings (SSSR count). The summed E-state index contributed by atoms with van der Waals surface area (Å²) in [5.74, 6) is -0.0311. The fourth-order valence-electron chi connectivity index (χ4n) is 2.74. The monoisotopic (exact) mass is 352 g/mol. The van der Waals surface area contributed by atoms with Crippen LogP contribution in [0, 0.1) is 5.82 Å². The number of anilines is 2. The molecule has 1 saturated heterocycles. The first-order valence-electron chi connectivity index (χ1n) is 7.74. The second-order valence-corrected chi connectivity index (χ2v) is 5.94. The molecule has 9 heteroatoms. The molecular formula is C15H18ClFN6O. The summed E-state index contributed by atoms with van der Waals surface area (Å²) in [6, 6.07) is 0. The Morgan fingerprint density at radius 3 is 2.54 bits per heavy atom. The normalized spacial score (nSPS) is 15.0. The van der Waals surface area contributed by atoms with Gasteiger partial charge in [-0.3, -0.25) is 4.79 Å². The minimum absolute atomic E-state index is 0.155. The van der Waals surface area contributed by atoms with E-state index in [-0.39, 0.29) is 16.4 Å². The molecule has 2 aromatic heterocycles. The van der Waals surface area contributed by atoms with Gasteiger partial charge in [0.05, 0.1) is 17.6 Å². The van der Waals surface area contributed by atoms with Crippen LogP contribution in [0.5, 0.6) is 0 Å². The Labute approximate surface area is 143 Å². The highest BCUT2D eigenvalue weighted by atomic mass is 35.5. The number of halogens is 2. The Morgan fingerprint density at radius 2 is 1.88 bits per heavy atom. The Hall–Kier alpha value is -2.22. The maximum atomic E-state index is 14.4. The van der Waals surface area contributed by atoms with Crippen molar-refractivity contribution in [2.45, 2.75) is 13.3 Å². The topological polar surface area (TPSA) is 67.2 Å². The quantitative estimate of drug-likeness (QED) is 0.828. The maximum absolute atomic E-state index is 14.4. The lowest BCUT2D eigenvalue weighted by Gasteiger charge is -2.36. The smallest absolute Gasteiger partial charge is 0.287 e. The second-order valence-electron chi connectivity index (χ2n) is 5.56. The molecule has 0 saturated carbocycles. The van der Waals surface area contributed by atoms with E-state index in [1.54, 1.807) is 13.2 Å². The van der Waals surface area contributed by atoms with Gasteiger partial charge in [0, 0.05) is 33.2 Å². The largest absolute Gasteiger partial charge is 0.365 e. The van der Waals surface area contributed by atoms with E-state index in [9.17, 15) is 9.18 Å². The van der Waals surface area contributed by atoms with Crippen LogP contribution in [-0.4, -0.2) is 45.9 Å². The zero-order chi connectivity index (χ0) is 17.3. The van der Waals surface area contributed by atoms with Crippen molar-refractivity contribution in [1.82, 2.24) is 19.7 Å². The van der Waals surface area contributed by atoms with E-state index < -0.39 is 0 Å². The fraction of sp³-hybridized carbons (Fsp3) is 0.467.